The minimum absolute atomic E-state index is 0. The smallest absolute Gasteiger partial charge is 0.0506 e. The van der Waals surface area contributed by atoms with Crippen LogP contribution in [-0.2, 0) is 4.74 Å². The molecule has 0 aromatic carbocycles. The van der Waals surface area contributed by atoms with Crippen LogP contribution in [0, 0.1) is 5.92 Å². The van der Waals surface area contributed by atoms with Crippen LogP contribution in [0.1, 0.15) is 44.9 Å². The van der Waals surface area contributed by atoms with Crippen molar-refractivity contribution >= 4 is 12.4 Å². The molecule has 0 aromatic rings. The van der Waals surface area contributed by atoms with Gasteiger partial charge in [0.1, 0.15) is 0 Å². The fourth-order valence-corrected chi connectivity index (χ4v) is 4.13. The molecular formula is C15H29ClN2O. The molecule has 2 saturated heterocycles. The van der Waals surface area contributed by atoms with Crippen molar-refractivity contribution < 1.29 is 4.74 Å². The first kappa shape index (κ1) is 15.6. The quantitative estimate of drug-likeness (QED) is 0.845. The zero-order chi connectivity index (χ0) is 12.3. The molecule has 1 unspecified atom stereocenters. The summed E-state index contributed by atoms with van der Waals surface area (Å²) in [5, 5.41) is 3.64. The van der Waals surface area contributed by atoms with Crippen molar-refractivity contribution in [3.05, 3.63) is 0 Å². The third-order valence-electron chi connectivity index (χ3n) is 5.20. The Bertz CT molecular complexity index is 255. The summed E-state index contributed by atoms with van der Waals surface area (Å²) in [6.45, 7) is 6.91. The van der Waals surface area contributed by atoms with Crippen molar-refractivity contribution in [2.24, 2.45) is 5.92 Å². The van der Waals surface area contributed by atoms with E-state index in [9.17, 15) is 0 Å². The predicted octanol–water partition coefficient (Wildman–Crippen LogP) is 2.44. The van der Waals surface area contributed by atoms with Crippen LogP contribution in [0.5, 0.6) is 0 Å². The number of nitrogens with one attached hydrogen (secondary N) is 1. The van der Waals surface area contributed by atoms with Crippen molar-refractivity contribution in [3.63, 3.8) is 0 Å². The minimum Gasteiger partial charge on any atom is -0.381 e. The number of rotatable bonds is 2. The molecule has 2 heterocycles. The molecule has 19 heavy (non-hydrogen) atoms. The molecule has 3 aliphatic rings. The largest absolute Gasteiger partial charge is 0.381 e. The molecule has 1 N–H and O–H groups in total. The van der Waals surface area contributed by atoms with E-state index in [2.05, 4.69) is 10.2 Å². The lowest BCUT2D eigenvalue weighted by Gasteiger charge is -2.51. The van der Waals surface area contributed by atoms with E-state index in [1.54, 1.807) is 0 Å². The Kier molecular flexibility index (Phi) is 5.94. The van der Waals surface area contributed by atoms with Crippen LogP contribution < -0.4 is 5.32 Å². The van der Waals surface area contributed by atoms with Gasteiger partial charge in [0.15, 0.2) is 0 Å². The molecule has 112 valence electrons. The SMILES string of the molecule is C1CCC2(CC1)CNCCN2CC1CCCOC1.Cl. The summed E-state index contributed by atoms with van der Waals surface area (Å²) in [7, 11) is 0. The van der Waals surface area contributed by atoms with Gasteiger partial charge < -0.3 is 10.1 Å². The molecule has 1 saturated carbocycles. The number of piperazine rings is 1. The average Bonchev–Trinajstić information content (AvgIpc) is 2.44. The molecule has 3 nitrogen and oxygen atoms in total. The van der Waals surface area contributed by atoms with Crippen molar-refractivity contribution in [3.8, 4) is 0 Å². The number of hydrogen-bond acceptors (Lipinski definition) is 3. The third kappa shape index (κ3) is 3.63. The van der Waals surface area contributed by atoms with Crippen LogP contribution in [0.4, 0.5) is 0 Å². The van der Waals surface area contributed by atoms with Gasteiger partial charge in [-0.2, -0.15) is 0 Å². The van der Waals surface area contributed by atoms with E-state index in [1.807, 2.05) is 0 Å². The van der Waals surface area contributed by atoms with Crippen molar-refractivity contribution in [1.82, 2.24) is 10.2 Å². The fraction of sp³-hybridized carbons (Fsp3) is 1.00. The topological polar surface area (TPSA) is 24.5 Å². The first-order valence-corrected chi connectivity index (χ1v) is 7.93. The molecule has 1 spiro atoms. The van der Waals surface area contributed by atoms with Gasteiger partial charge in [0.25, 0.3) is 0 Å². The molecule has 1 aliphatic carbocycles. The van der Waals surface area contributed by atoms with Gasteiger partial charge in [0, 0.05) is 38.3 Å². The molecule has 0 aromatic heterocycles. The van der Waals surface area contributed by atoms with E-state index in [4.69, 9.17) is 4.74 Å². The Morgan fingerprint density at radius 3 is 2.74 bits per heavy atom. The highest BCUT2D eigenvalue weighted by atomic mass is 35.5. The summed E-state index contributed by atoms with van der Waals surface area (Å²) in [5.41, 5.74) is 0.494. The van der Waals surface area contributed by atoms with Gasteiger partial charge >= 0.3 is 0 Å². The Labute approximate surface area is 123 Å². The summed E-state index contributed by atoms with van der Waals surface area (Å²) < 4.78 is 5.66. The van der Waals surface area contributed by atoms with E-state index >= 15 is 0 Å². The van der Waals surface area contributed by atoms with Crippen LogP contribution in [0.2, 0.25) is 0 Å². The fourth-order valence-electron chi connectivity index (χ4n) is 4.13. The predicted molar refractivity (Wildman–Crippen MR) is 81.0 cm³/mol. The van der Waals surface area contributed by atoms with E-state index in [1.165, 1.54) is 71.1 Å². The van der Waals surface area contributed by atoms with Crippen LogP contribution in [0.3, 0.4) is 0 Å². The number of ether oxygens (including phenoxy) is 1. The normalized spacial score (nSPS) is 31.9. The number of hydrogen-bond donors (Lipinski definition) is 1. The Hall–Kier alpha value is 0.170. The second-order valence-electron chi connectivity index (χ2n) is 6.49. The zero-order valence-electron chi connectivity index (χ0n) is 12.0. The molecule has 0 amide bonds. The van der Waals surface area contributed by atoms with Crippen molar-refractivity contribution in [2.45, 2.75) is 50.5 Å². The van der Waals surface area contributed by atoms with Gasteiger partial charge in [-0.3, -0.25) is 4.90 Å². The first-order valence-electron chi connectivity index (χ1n) is 7.93. The van der Waals surface area contributed by atoms with E-state index in [0.29, 0.717) is 5.54 Å². The number of halogens is 1. The van der Waals surface area contributed by atoms with E-state index in [-0.39, 0.29) is 12.4 Å². The second-order valence-corrected chi connectivity index (χ2v) is 6.49. The van der Waals surface area contributed by atoms with Crippen molar-refractivity contribution in [1.29, 1.82) is 0 Å². The highest BCUT2D eigenvalue weighted by Crippen LogP contribution is 2.35. The van der Waals surface area contributed by atoms with Gasteiger partial charge in [0.05, 0.1) is 6.61 Å². The molecule has 4 heteroatoms. The van der Waals surface area contributed by atoms with Crippen LogP contribution in [0.15, 0.2) is 0 Å². The van der Waals surface area contributed by atoms with Gasteiger partial charge in [0.2, 0.25) is 0 Å². The molecule has 3 fully saturated rings. The standard InChI is InChI=1S/C15H28N2O.ClH/c1-2-6-15(7-3-1)13-16-8-9-17(15)11-14-5-4-10-18-12-14;/h14,16H,1-13H2;1H. The second kappa shape index (κ2) is 7.26. The summed E-state index contributed by atoms with van der Waals surface area (Å²) in [5.74, 6) is 0.788. The maximum atomic E-state index is 5.66. The summed E-state index contributed by atoms with van der Waals surface area (Å²) in [6, 6.07) is 0. The Morgan fingerprint density at radius 2 is 2.00 bits per heavy atom. The molecule has 0 radical (unpaired) electrons. The Morgan fingerprint density at radius 1 is 1.16 bits per heavy atom. The maximum absolute atomic E-state index is 5.66. The average molecular weight is 289 g/mol. The van der Waals surface area contributed by atoms with Gasteiger partial charge in [-0.15, -0.1) is 12.4 Å². The van der Waals surface area contributed by atoms with Crippen LogP contribution >= 0.6 is 12.4 Å². The molecule has 1 atom stereocenters. The number of nitrogens with zero attached hydrogens (tertiary/aromatic N) is 1. The molecule has 3 rings (SSSR count). The minimum atomic E-state index is 0. The lowest BCUT2D eigenvalue weighted by atomic mass is 9.78. The summed E-state index contributed by atoms with van der Waals surface area (Å²) in [6.07, 6.45) is 9.77. The molecule has 2 aliphatic heterocycles. The van der Waals surface area contributed by atoms with Gasteiger partial charge in [-0.1, -0.05) is 19.3 Å². The van der Waals surface area contributed by atoms with E-state index in [0.717, 1.165) is 19.1 Å². The van der Waals surface area contributed by atoms with Gasteiger partial charge in [-0.05, 0) is 31.6 Å². The van der Waals surface area contributed by atoms with E-state index < -0.39 is 0 Å². The molecular weight excluding hydrogens is 260 g/mol. The van der Waals surface area contributed by atoms with Crippen LogP contribution in [0.25, 0.3) is 0 Å². The zero-order valence-corrected chi connectivity index (χ0v) is 12.8. The highest BCUT2D eigenvalue weighted by Gasteiger charge is 2.40. The third-order valence-corrected chi connectivity index (χ3v) is 5.20. The lowest BCUT2D eigenvalue weighted by Crippen LogP contribution is -2.63. The van der Waals surface area contributed by atoms with Crippen LogP contribution in [-0.4, -0.2) is 49.8 Å². The Balaban J connectivity index is 0.00000133. The summed E-state index contributed by atoms with van der Waals surface area (Å²) >= 11 is 0. The van der Waals surface area contributed by atoms with Crippen molar-refractivity contribution in [2.75, 3.05) is 39.4 Å². The molecule has 0 bridgehead atoms. The summed E-state index contributed by atoms with van der Waals surface area (Å²) in [4.78, 5) is 2.82. The highest BCUT2D eigenvalue weighted by molar-refractivity contribution is 5.85. The van der Waals surface area contributed by atoms with Gasteiger partial charge in [-0.25, -0.2) is 0 Å². The maximum Gasteiger partial charge on any atom is 0.0506 e. The monoisotopic (exact) mass is 288 g/mol. The first-order chi connectivity index (χ1) is 8.89. The lowest BCUT2D eigenvalue weighted by molar-refractivity contribution is -0.0167.